The van der Waals surface area contributed by atoms with Gasteiger partial charge in [0.15, 0.2) is 0 Å². The van der Waals surface area contributed by atoms with E-state index < -0.39 is 0 Å². The summed E-state index contributed by atoms with van der Waals surface area (Å²) in [5.41, 5.74) is 1.14. The highest BCUT2D eigenvalue weighted by atomic mass is 79.9. The van der Waals surface area contributed by atoms with Crippen molar-refractivity contribution in [3.8, 4) is 5.75 Å². The SMILES string of the molecule is CCNC(C)c1ccc(Br)cc1OC1CCCC1O. The van der Waals surface area contributed by atoms with Crippen molar-refractivity contribution in [3.05, 3.63) is 28.2 Å². The molecule has 2 rings (SSSR count). The fourth-order valence-corrected chi connectivity index (χ4v) is 2.93. The third-order valence-corrected chi connectivity index (χ3v) is 4.14. The summed E-state index contributed by atoms with van der Waals surface area (Å²) in [5.74, 6) is 0.869. The summed E-state index contributed by atoms with van der Waals surface area (Å²) in [6, 6.07) is 6.34. The molecule has 1 saturated carbocycles. The van der Waals surface area contributed by atoms with Crippen LogP contribution in [0.1, 0.15) is 44.7 Å². The van der Waals surface area contributed by atoms with Gasteiger partial charge in [0, 0.05) is 16.1 Å². The zero-order valence-corrected chi connectivity index (χ0v) is 13.1. The predicted octanol–water partition coefficient (Wildman–Crippen LogP) is 3.41. The van der Waals surface area contributed by atoms with Crippen LogP contribution in [0, 0.1) is 0 Å². The summed E-state index contributed by atoms with van der Waals surface area (Å²) >= 11 is 3.49. The normalized spacial score (nSPS) is 24.4. The number of benzene rings is 1. The van der Waals surface area contributed by atoms with Crippen molar-refractivity contribution < 1.29 is 9.84 Å². The third-order valence-electron chi connectivity index (χ3n) is 3.65. The molecule has 2 N–H and O–H groups in total. The molecular weight excluding hydrogens is 306 g/mol. The number of hydrogen-bond donors (Lipinski definition) is 2. The maximum absolute atomic E-state index is 9.90. The lowest BCUT2D eigenvalue weighted by Gasteiger charge is -2.22. The topological polar surface area (TPSA) is 41.5 Å². The Bertz CT molecular complexity index is 425. The van der Waals surface area contributed by atoms with Gasteiger partial charge in [-0.1, -0.05) is 28.9 Å². The van der Waals surface area contributed by atoms with E-state index in [9.17, 15) is 5.11 Å². The van der Waals surface area contributed by atoms with Crippen LogP contribution in [-0.4, -0.2) is 23.9 Å². The lowest BCUT2D eigenvalue weighted by molar-refractivity contribution is 0.0594. The van der Waals surface area contributed by atoms with Gasteiger partial charge < -0.3 is 15.2 Å². The van der Waals surface area contributed by atoms with E-state index in [-0.39, 0.29) is 18.2 Å². The fourth-order valence-electron chi connectivity index (χ4n) is 2.59. The first-order chi connectivity index (χ1) is 9.11. The van der Waals surface area contributed by atoms with Crippen LogP contribution in [0.5, 0.6) is 5.75 Å². The molecule has 106 valence electrons. The van der Waals surface area contributed by atoms with Crippen molar-refractivity contribution in [1.29, 1.82) is 0 Å². The van der Waals surface area contributed by atoms with Crippen LogP contribution < -0.4 is 10.1 Å². The van der Waals surface area contributed by atoms with Gasteiger partial charge in [0.25, 0.3) is 0 Å². The molecule has 0 aliphatic heterocycles. The van der Waals surface area contributed by atoms with Gasteiger partial charge in [0.2, 0.25) is 0 Å². The second-order valence-corrected chi connectivity index (χ2v) is 6.03. The predicted molar refractivity (Wildman–Crippen MR) is 80.5 cm³/mol. The number of hydrogen-bond acceptors (Lipinski definition) is 3. The minimum Gasteiger partial charge on any atom is -0.487 e. The highest BCUT2D eigenvalue weighted by Crippen LogP contribution is 2.32. The summed E-state index contributed by atoms with van der Waals surface area (Å²) in [5, 5.41) is 13.3. The smallest absolute Gasteiger partial charge is 0.125 e. The van der Waals surface area contributed by atoms with Crippen molar-refractivity contribution >= 4 is 15.9 Å². The molecule has 1 aliphatic carbocycles. The minimum absolute atomic E-state index is 0.0677. The van der Waals surface area contributed by atoms with Crippen LogP contribution in [0.3, 0.4) is 0 Å². The molecule has 1 aromatic rings. The molecule has 0 amide bonds. The molecule has 19 heavy (non-hydrogen) atoms. The van der Waals surface area contributed by atoms with Crippen molar-refractivity contribution in [3.63, 3.8) is 0 Å². The molecule has 0 radical (unpaired) electrons. The maximum Gasteiger partial charge on any atom is 0.125 e. The molecule has 1 aliphatic rings. The quantitative estimate of drug-likeness (QED) is 0.870. The number of halogens is 1. The first kappa shape index (κ1) is 14.8. The molecule has 0 spiro atoms. The third kappa shape index (κ3) is 3.71. The molecule has 3 atom stereocenters. The molecule has 0 heterocycles. The van der Waals surface area contributed by atoms with Crippen molar-refractivity contribution in [2.75, 3.05) is 6.54 Å². The van der Waals surface area contributed by atoms with Gasteiger partial charge >= 0.3 is 0 Å². The van der Waals surface area contributed by atoms with E-state index in [2.05, 4.69) is 41.2 Å². The first-order valence-electron chi connectivity index (χ1n) is 6.99. The highest BCUT2D eigenvalue weighted by Gasteiger charge is 2.28. The number of aliphatic hydroxyl groups excluding tert-OH is 1. The Labute approximate surface area is 123 Å². The number of rotatable bonds is 5. The van der Waals surface area contributed by atoms with Crippen LogP contribution in [-0.2, 0) is 0 Å². The van der Waals surface area contributed by atoms with Gasteiger partial charge in [-0.2, -0.15) is 0 Å². The van der Waals surface area contributed by atoms with Crippen LogP contribution in [0.4, 0.5) is 0 Å². The van der Waals surface area contributed by atoms with E-state index in [4.69, 9.17) is 4.74 Å². The van der Waals surface area contributed by atoms with Crippen LogP contribution in [0.2, 0.25) is 0 Å². The molecule has 0 bridgehead atoms. The Hall–Kier alpha value is -0.580. The average Bonchev–Trinajstić information content (AvgIpc) is 2.75. The van der Waals surface area contributed by atoms with E-state index in [0.717, 1.165) is 41.6 Å². The Balaban J connectivity index is 2.19. The van der Waals surface area contributed by atoms with Gasteiger partial charge in [-0.25, -0.2) is 0 Å². The van der Waals surface area contributed by atoms with Crippen molar-refractivity contribution in [1.82, 2.24) is 5.32 Å². The van der Waals surface area contributed by atoms with Crippen molar-refractivity contribution in [2.45, 2.75) is 51.4 Å². The molecule has 4 heteroatoms. The van der Waals surface area contributed by atoms with Crippen LogP contribution in [0.25, 0.3) is 0 Å². The van der Waals surface area contributed by atoms with Crippen molar-refractivity contribution in [2.24, 2.45) is 0 Å². The van der Waals surface area contributed by atoms with E-state index in [0.29, 0.717) is 0 Å². The summed E-state index contributed by atoms with van der Waals surface area (Å²) in [4.78, 5) is 0. The van der Waals surface area contributed by atoms with Gasteiger partial charge in [0.05, 0.1) is 6.10 Å². The van der Waals surface area contributed by atoms with Crippen LogP contribution in [0.15, 0.2) is 22.7 Å². The zero-order valence-electron chi connectivity index (χ0n) is 11.5. The maximum atomic E-state index is 9.90. The van der Waals surface area contributed by atoms with Gasteiger partial charge in [-0.05, 0) is 44.9 Å². The Kier molecular flexibility index (Phi) is 5.25. The second kappa shape index (κ2) is 6.73. The van der Waals surface area contributed by atoms with E-state index >= 15 is 0 Å². The van der Waals surface area contributed by atoms with Gasteiger partial charge in [-0.15, -0.1) is 0 Å². The largest absolute Gasteiger partial charge is 0.487 e. The number of nitrogens with one attached hydrogen (secondary N) is 1. The Morgan fingerprint density at radius 1 is 1.47 bits per heavy atom. The van der Waals surface area contributed by atoms with Crippen LogP contribution >= 0.6 is 15.9 Å². The highest BCUT2D eigenvalue weighted by molar-refractivity contribution is 9.10. The summed E-state index contributed by atoms with van der Waals surface area (Å²) < 4.78 is 7.05. The standard InChI is InChI=1S/C15H22BrNO2/c1-3-17-10(2)12-8-7-11(16)9-15(12)19-14-6-4-5-13(14)18/h7-10,13-14,17-18H,3-6H2,1-2H3. The van der Waals surface area contributed by atoms with Gasteiger partial charge in [0.1, 0.15) is 11.9 Å². The average molecular weight is 328 g/mol. The van der Waals surface area contributed by atoms with Gasteiger partial charge in [-0.3, -0.25) is 0 Å². The Morgan fingerprint density at radius 3 is 2.89 bits per heavy atom. The van der Waals surface area contributed by atoms with E-state index in [1.165, 1.54) is 0 Å². The zero-order chi connectivity index (χ0) is 13.8. The Morgan fingerprint density at radius 2 is 2.26 bits per heavy atom. The monoisotopic (exact) mass is 327 g/mol. The summed E-state index contributed by atoms with van der Waals surface area (Å²) in [7, 11) is 0. The molecular formula is C15H22BrNO2. The number of aliphatic hydroxyl groups is 1. The molecule has 0 aromatic heterocycles. The fraction of sp³-hybridized carbons (Fsp3) is 0.600. The molecule has 0 saturated heterocycles. The second-order valence-electron chi connectivity index (χ2n) is 5.12. The molecule has 3 nitrogen and oxygen atoms in total. The molecule has 1 fully saturated rings. The lowest BCUT2D eigenvalue weighted by Crippen LogP contribution is -2.27. The lowest BCUT2D eigenvalue weighted by atomic mass is 10.1. The van der Waals surface area contributed by atoms with E-state index in [1.54, 1.807) is 0 Å². The molecule has 1 aromatic carbocycles. The number of ether oxygens (including phenoxy) is 1. The summed E-state index contributed by atoms with van der Waals surface area (Å²) in [6.45, 7) is 5.14. The molecule has 3 unspecified atom stereocenters. The van der Waals surface area contributed by atoms with E-state index in [1.807, 2.05) is 12.1 Å². The minimum atomic E-state index is -0.332. The first-order valence-corrected chi connectivity index (χ1v) is 7.78. The summed E-state index contributed by atoms with van der Waals surface area (Å²) in [6.07, 6.45) is 2.42.